The van der Waals surface area contributed by atoms with Crippen LogP contribution in [0.1, 0.15) is 52.4 Å². The van der Waals surface area contributed by atoms with Gasteiger partial charge in [0.25, 0.3) is 5.56 Å². The molecular formula is C22H29F3N2O5. The molecule has 0 fully saturated rings. The maximum Gasteiger partial charge on any atom is 0.414 e. The number of unbranched alkanes of at least 4 members (excludes halogenated alkanes) is 2. The van der Waals surface area contributed by atoms with Crippen molar-refractivity contribution in [3.05, 3.63) is 34.6 Å². The topological polar surface area (TPSA) is 90.7 Å². The lowest BCUT2D eigenvalue weighted by atomic mass is 10.1. The monoisotopic (exact) mass is 458 g/mol. The molecule has 0 aliphatic heterocycles. The Morgan fingerprint density at radius 2 is 1.78 bits per heavy atom. The van der Waals surface area contributed by atoms with Crippen LogP contribution < -0.4 is 10.3 Å². The summed E-state index contributed by atoms with van der Waals surface area (Å²) in [5.74, 6) is -0.0387. The fraction of sp³-hybridized carbons (Fsp3) is 0.591. The van der Waals surface area contributed by atoms with Crippen LogP contribution in [0.2, 0.25) is 0 Å². The molecule has 0 unspecified atom stereocenters. The predicted molar refractivity (Wildman–Crippen MR) is 112 cm³/mol. The highest BCUT2D eigenvalue weighted by Gasteiger charge is 2.37. The summed E-state index contributed by atoms with van der Waals surface area (Å²) in [6, 6.07) is 6.86. The average molecular weight is 458 g/mol. The van der Waals surface area contributed by atoms with E-state index in [1.807, 2.05) is 6.92 Å². The standard InChI is InChI=1S/C22H29F3N2O5/c1-15(32-16(2)28)9-6-8-14-31-20-17-10-3-4-11-18(17)21(30)27(26-20)13-7-5-12-19(29)22(23,24)25/h3-4,10-11,15,19,29H,5-9,12-14H2,1-2H3/t15-,19+/m1/s1. The van der Waals surface area contributed by atoms with Crippen LogP contribution in [0.5, 0.6) is 5.88 Å². The molecule has 1 heterocycles. The number of aliphatic hydroxyl groups is 1. The molecule has 1 aromatic heterocycles. The number of nitrogens with zero attached hydrogens (tertiary/aromatic N) is 2. The lowest BCUT2D eigenvalue weighted by Crippen LogP contribution is -2.28. The van der Waals surface area contributed by atoms with Crippen molar-refractivity contribution in [3.8, 4) is 5.88 Å². The molecule has 178 valence electrons. The summed E-state index contributed by atoms with van der Waals surface area (Å²) in [5, 5.41) is 14.3. The number of carbonyl (C=O) groups excluding carboxylic acids is 1. The largest absolute Gasteiger partial charge is 0.476 e. The minimum absolute atomic E-state index is 0.0956. The van der Waals surface area contributed by atoms with Crippen LogP contribution >= 0.6 is 0 Å². The summed E-state index contributed by atoms with van der Waals surface area (Å²) < 4.78 is 49.3. The van der Waals surface area contributed by atoms with Gasteiger partial charge in [-0.1, -0.05) is 12.1 Å². The maximum absolute atomic E-state index is 12.7. The second kappa shape index (κ2) is 11.8. The molecule has 10 heteroatoms. The van der Waals surface area contributed by atoms with Crippen molar-refractivity contribution in [3.63, 3.8) is 0 Å². The van der Waals surface area contributed by atoms with Crippen LogP contribution in [0.4, 0.5) is 13.2 Å². The first kappa shape index (κ1) is 25.6. The van der Waals surface area contributed by atoms with Crippen molar-refractivity contribution in [2.24, 2.45) is 0 Å². The second-order valence-electron chi connectivity index (χ2n) is 7.70. The van der Waals surface area contributed by atoms with E-state index in [1.165, 1.54) is 11.6 Å². The van der Waals surface area contributed by atoms with Crippen molar-refractivity contribution in [2.45, 2.75) is 77.3 Å². The van der Waals surface area contributed by atoms with Gasteiger partial charge in [0.1, 0.15) is 6.10 Å². The van der Waals surface area contributed by atoms with Gasteiger partial charge in [-0.15, -0.1) is 5.10 Å². The van der Waals surface area contributed by atoms with Gasteiger partial charge >= 0.3 is 12.1 Å². The van der Waals surface area contributed by atoms with Crippen LogP contribution in [0, 0.1) is 0 Å². The summed E-state index contributed by atoms with van der Waals surface area (Å²) in [4.78, 5) is 23.6. The number of fused-ring (bicyclic) bond motifs is 1. The van der Waals surface area contributed by atoms with Gasteiger partial charge in [0.15, 0.2) is 0 Å². The number of halogens is 3. The zero-order chi connectivity index (χ0) is 23.7. The molecule has 1 aromatic carbocycles. The summed E-state index contributed by atoms with van der Waals surface area (Å²) in [6.45, 7) is 3.65. The highest BCUT2D eigenvalue weighted by atomic mass is 19.4. The molecular weight excluding hydrogens is 429 g/mol. The third kappa shape index (κ3) is 7.81. The van der Waals surface area contributed by atoms with Gasteiger partial charge in [0.05, 0.1) is 23.5 Å². The Morgan fingerprint density at radius 1 is 1.12 bits per heavy atom. The summed E-state index contributed by atoms with van der Waals surface area (Å²) >= 11 is 0. The highest BCUT2D eigenvalue weighted by molar-refractivity contribution is 5.85. The number of hydrogen-bond acceptors (Lipinski definition) is 6. The smallest absolute Gasteiger partial charge is 0.414 e. The minimum Gasteiger partial charge on any atom is -0.476 e. The quantitative estimate of drug-likeness (QED) is 0.382. The molecule has 0 bridgehead atoms. The Morgan fingerprint density at radius 3 is 2.44 bits per heavy atom. The molecule has 0 saturated carbocycles. The summed E-state index contributed by atoms with van der Waals surface area (Å²) in [7, 11) is 0. The minimum atomic E-state index is -4.64. The van der Waals surface area contributed by atoms with E-state index >= 15 is 0 Å². The number of alkyl halides is 3. The van der Waals surface area contributed by atoms with Crippen LogP contribution in [-0.2, 0) is 16.1 Å². The molecule has 0 aliphatic rings. The molecule has 0 spiro atoms. The van der Waals surface area contributed by atoms with Gasteiger partial charge in [-0.3, -0.25) is 9.59 Å². The van der Waals surface area contributed by atoms with Crippen LogP contribution in [0.15, 0.2) is 29.1 Å². The van der Waals surface area contributed by atoms with Crippen molar-refractivity contribution >= 4 is 16.7 Å². The Kier molecular flexibility index (Phi) is 9.49. The number of aryl methyl sites for hydroxylation is 1. The number of carbonyl (C=O) groups is 1. The van der Waals surface area contributed by atoms with Gasteiger partial charge in [-0.25, -0.2) is 4.68 Å². The number of rotatable bonds is 12. The number of aromatic nitrogens is 2. The number of ether oxygens (including phenoxy) is 2. The van der Waals surface area contributed by atoms with E-state index in [9.17, 15) is 22.8 Å². The average Bonchev–Trinajstić information content (AvgIpc) is 2.72. The van der Waals surface area contributed by atoms with Crippen molar-refractivity contribution in [1.29, 1.82) is 0 Å². The van der Waals surface area contributed by atoms with E-state index < -0.39 is 18.7 Å². The fourth-order valence-electron chi connectivity index (χ4n) is 3.27. The second-order valence-corrected chi connectivity index (χ2v) is 7.70. The highest BCUT2D eigenvalue weighted by Crippen LogP contribution is 2.24. The zero-order valence-corrected chi connectivity index (χ0v) is 18.2. The van der Waals surface area contributed by atoms with E-state index in [2.05, 4.69) is 5.10 Å². The van der Waals surface area contributed by atoms with E-state index in [4.69, 9.17) is 14.6 Å². The van der Waals surface area contributed by atoms with E-state index in [-0.39, 0.29) is 42.9 Å². The van der Waals surface area contributed by atoms with Crippen molar-refractivity contribution in [2.75, 3.05) is 6.61 Å². The van der Waals surface area contributed by atoms with E-state index in [1.54, 1.807) is 24.3 Å². The third-order valence-corrected chi connectivity index (χ3v) is 4.92. The first-order valence-corrected chi connectivity index (χ1v) is 10.6. The fourth-order valence-corrected chi connectivity index (χ4v) is 3.27. The number of esters is 1. The molecule has 2 rings (SSSR count). The Bertz CT molecular complexity index is 945. The first-order valence-electron chi connectivity index (χ1n) is 10.6. The molecule has 32 heavy (non-hydrogen) atoms. The summed E-state index contributed by atoms with van der Waals surface area (Å²) in [5.41, 5.74) is -0.348. The predicted octanol–water partition coefficient (Wildman–Crippen LogP) is 3.99. The van der Waals surface area contributed by atoms with Gasteiger partial charge in [-0.2, -0.15) is 13.2 Å². The van der Waals surface area contributed by atoms with Crippen LogP contribution in [0.25, 0.3) is 10.8 Å². The zero-order valence-electron chi connectivity index (χ0n) is 18.2. The molecule has 2 atom stereocenters. The molecule has 1 N–H and O–H groups in total. The molecule has 0 radical (unpaired) electrons. The normalized spacial score (nSPS) is 13.7. The lowest BCUT2D eigenvalue weighted by Gasteiger charge is -2.15. The van der Waals surface area contributed by atoms with Crippen LogP contribution in [-0.4, -0.2) is 45.8 Å². The number of benzene rings is 1. The van der Waals surface area contributed by atoms with Gasteiger partial charge in [0.2, 0.25) is 5.88 Å². The Labute approximate surface area is 184 Å². The maximum atomic E-state index is 12.7. The van der Waals surface area contributed by atoms with E-state index in [0.717, 1.165) is 6.42 Å². The molecule has 0 saturated heterocycles. The Balaban J connectivity index is 1.98. The first-order chi connectivity index (χ1) is 15.1. The molecule has 0 amide bonds. The van der Waals surface area contributed by atoms with E-state index in [0.29, 0.717) is 30.2 Å². The van der Waals surface area contributed by atoms with Gasteiger partial charge in [-0.05, 0) is 57.6 Å². The number of hydrogen-bond donors (Lipinski definition) is 1. The summed E-state index contributed by atoms with van der Waals surface area (Å²) in [6.07, 6.45) is -5.11. The van der Waals surface area contributed by atoms with Crippen molar-refractivity contribution in [1.82, 2.24) is 9.78 Å². The van der Waals surface area contributed by atoms with Gasteiger partial charge in [0, 0.05) is 13.5 Å². The van der Waals surface area contributed by atoms with Gasteiger partial charge < -0.3 is 14.6 Å². The lowest BCUT2D eigenvalue weighted by molar-refractivity contribution is -0.205. The third-order valence-electron chi connectivity index (χ3n) is 4.92. The van der Waals surface area contributed by atoms with Crippen LogP contribution in [0.3, 0.4) is 0 Å². The number of aliphatic hydroxyl groups excluding tert-OH is 1. The van der Waals surface area contributed by atoms with Crippen molar-refractivity contribution < 1.29 is 32.5 Å². The molecule has 2 aromatic rings. The SMILES string of the molecule is CC(=O)O[C@H](C)CCCCOc1nn(CCCC[C@H](O)C(F)(F)F)c(=O)c2ccccc12. The molecule has 0 aliphatic carbocycles. The molecule has 7 nitrogen and oxygen atoms in total. The Hall–Kier alpha value is -2.62.